The Labute approximate surface area is 66.6 Å². The highest BCUT2D eigenvalue weighted by Crippen LogP contribution is 2.11. The molecule has 1 aromatic rings. The van der Waals surface area contributed by atoms with E-state index in [1.807, 2.05) is 0 Å². The van der Waals surface area contributed by atoms with Gasteiger partial charge in [0.05, 0.1) is 0 Å². The molecule has 60 valence electrons. The van der Waals surface area contributed by atoms with Gasteiger partial charge in [-0.15, -0.1) is 0 Å². The molecule has 0 atom stereocenters. The quantitative estimate of drug-likeness (QED) is 0.576. The fourth-order valence-corrected chi connectivity index (χ4v) is 1.42. The van der Waals surface area contributed by atoms with Crippen molar-refractivity contribution in [2.45, 2.75) is 13.0 Å². The average molecular weight is 151 g/mol. The summed E-state index contributed by atoms with van der Waals surface area (Å²) in [5, 5.41) is 3.34. The number of nitrogens with one attached hydrogen (secondary N) is 1. The lowest BCUT2D eigenvalue weighted by atomic mass is 10.0. The molecule has 0 aromatic heterocycles. The lowest BCUT2D eigenvalue weighted by Crippen LogP contribution is -2.23. The van der Waals surface area contributed by atoms with Crippen LogP contribution in [-0.4, -0.2) is 12.0 Å². The van der Waals surface area contributed by atoms with Gasteiger partial charge in [-0.05, 0) is 24.1 Å². The van der Waals surface area contributed by atoms with Crippen molar-refractivity contribution in [1.82, 2.24) is 5.32 Å². The van der Waals surface area contributed by atoms with E-state index in [4.69, 9.17) is 0 Å². The molecule has 0 aliphatic carbocycles. The third-order valence-corrected chi connectivity index (χ3v) is 2.00. The predicted octanol–water partition coefficient (Wildman–Crippen LogP) is 0.508. The van der Waals surface area contributed by atoms with E-state index in [9.17, 15) is 0 Å². The SMILES string of the molecule is O.c1ccc2c(c1)CCNC2. The van der Waals surface area contributed by atoms with E-state index >= 15 is 0 Å². The molecule has 2 heteroatoms. The summed E-state index contributed by atoms with van der Waals surface area (Å²) in [6.45, 7) is 2.19. The van der Waals surface area contributed by atoms with Crippen LogP contribution in [0.15, 0.2) is 24.3 Å². The second kappa shape index (κ2) is 3.51. The van der Waals surface area contributed by atoms with Crippen molar-refractivity contribution in [1.29, 1.82) is 0 Å². The molecule has 2 rings (SSSR count). The van der Waals surface area contributed by atoms with Crippen LogP contribution in [-0.2, 0) is 13.0 Å². The Morgan fingerprint density at radius 2 is 1.82 bits per heavy atom. The molecular weight excluding hydrogens is 138 g/mol. The van der Waals surface area contributed by atoms with Crippen LogP contribution >= 0.6 is 0 Å². The molecule has 0 radical (unpaired) electrons. The summed E-state index contributed by atoms with van der Waals surface area (Å²) in [5.41, 5.74) is 2.98. The first-order chi connectivity index (χ1) is 4.97. The second-order valence-electron chi connectivity index (χ2n) is 2.70. The zero-order chi connectivity index (χ0) is 6.81. The number of hydrogen-bond donors (Lipinski definition) is 1. The van der Waals surface area contributed by atoms with E-state index in [1.165, 1.54) is 17.5 Å². The molecule has 0 unspecified atom stereocenters. The maximum atomic E-state index is 3.34. The number of rotatable bonds is 0. The normalized spacial score (nSPS) is 14.9. The molecule has 1 heterocycles. The van der Waals surface area contributed by atoms with Gasteiger partial charge < -0.3 is 10.8 Å². The minimum atomic E-state index is 0. The molecule has 1 aliphatic rings. The lowest BCUT2D eigenvalue weighted by molar-refractivity contribution is 0.644. The van der Waals surface area contributed by atoms with E-state index in [0.717, 1.165) is 13.1 Å². The van der Waals surface area contributed by atoms with Gasteiger partial charge in [0.25, 0.3) is 0 Å². The molecule has 0 amide bonds. The number of hydrogen-bond acceptors (Lipinski definition) is 1. The van der Waals surface area contributed by atoms with Gasteiger partial charge >= 0.3 is 0 Å². The zero-order valence-electron chi connectivity index (χ0n) is 6.43. The van der Waals surface area contributed by atoms with Crippen LogP contribution in [0, 0.1) is 0 Å². The monoisotopic (exact) mass is 151 g/mol. The van der Waals surface area contributed by atoms with E-state index in [1.54, 1.807) is 0 Å². The van der Waals surface area contributed by atoms with Crippen LogP contribution in [0.2, 0.25) is 0 Å². The maximum Gasteiger partial charge on any atom is 0.0208 e. The fraction of sp³-hybridized carbons (Fsp3) is 0.333. The second-order valence-corrected chi connectivity index (χ2v) is 2.70. The largest absolute Gasteiger partial charge is 0.412 e. The first-order valence-corrected chi connectivity index (χ1v) is 3.74. The summed E-state index contributed by atoms with van der Waals surface area (Å²) in [5.74, 6) is 0. The highest BCUT2D eigenvalue weighted by atomic mass is 16.0. The van der Waals surface area contributed by atoms with Crippen molar-refractivity contribution < 1.29 is 5.48 Å². The van der Waals surface area contributed by atoms with Crippen LogP contribution in [0.1, 0.15) is 11.1 Å². The van der Waals surface area contributed by atoms with Gasteiger partial charge in [0.1, 0.15) is 0 Å². The minimum Gasteiger partial charge on any atom is -0.412 e. The van der Waals surface area contributed by atoms with Gasteiger partial charge in [-0.25, -0.2) is 0 Å². The Morgan fingerprint density at radius 3 is 2.55 bits per heavy atom. The Morgan fingerprint density at radius 1 is 1.09 bits per heavy atom. The molecule has 0 saturated heterocycles. The number of benzene rings is 1. The molecule has 0 spiro atoms. The van der Waals surface area contributed by atoms with E-state index in [0.29, 0.717) is 0 Å². The Hall–Kier alpha value is -0.860. The Bertz CT molecular complexity index is 210. The molecule has 0 bridgehead atoms. The standard InChI is InChI=1S/C9H11N.H2O/c1-2-4-9-7-10-6-5-8(9)3-1;/h1-4,10H,5-7H2;1H2. The predicted molar refractivity (Wildman–Crippen MR) is 45.5 cm³/mol. The highest BCUT2D eigenvalue weighted by molar-refractivity contribution is 5.28. The zero-order valence-corrected chi connectivity index (χ0v) is 6.43. The minimum absolute atomic E-state index is 0. The van der Waals surface area contributed by atoms with E-state index in [-0.39, 0.29) is 5.48 Å². The Balaban J connectivity index is 0.000000605. The van der Waals surface area contributed by atoms with E-state index in [2.05, 4.69) is 29.6 Å². The van der Waals surface area contributed by atoms with Crippen molar-refractivity contribution in [3.63, 3.8) is 0 Å². The van der Waals surface area contributed by atoms with Gasteiger partial charge in [-0.3, -0.25) is 0 Å². The average Bonchev–Trinajstić information content (AvgIpc) is 2.05. The van der Waals surface area contributed by atoms with Gasteiger partial charge in [0.15, 0.2) is 0 Å². The van der Waals surface area contributed by atoms with Crippen LogP contribution in [0.3, 0.4) is 0 Å². The molecule has 1 aliphatic heterocycles. The third-order valence-electron chi connectivity index (χ3n) is 2.00. The van der Waals surface area contributed by atoms with Crippen molar-refractivity contribution in [3.05, 3.63) is 35.4 Å². The highest BCUT2D eigenvalue weighted by Gasteiger charge is 2.05. The molecule has 2 nitrogen and oxygen atoms in total. The summed E-state index contributed by atoms with van der Waals surface area (Å²) in [4.78, 5) is 0. The fourth-order valence-electron chi connectivity index (χ4n) is 1.42. The molecule has 11 heavy (non-hydrogen) atoms. The number of fused-ring (bicyclic) bond motifs is 1. The molecule has 0 saturated carbocycles. The Kier molecular flexibility index (Phi) is 2.63. The smallest absolute Gasteiger partial charge is 0.0208 e. The van der Waals surface area contributed by atoms with Crippen LogP contribution in [0.25, 0.3) is 0 Å². The molecule has 0 fully saturated rings. The summed E-state index contributed by atoms with van der Waals surface area (Å²) >= 11 is 0. The van der Waals surface area contributed by atoms with Gasteiger partial charge in [0.2, 0.25) is 0 Å². The maximum absolute atomic E-state index is 3.34. The molecule has 1 aromatic carbocycles. The van der Waals surface area contributed by atoms with Gasteiger partial charge in [-0.2, -0.15) is 0 Å². The van der Waals surface area contributed by atoms with Crippen molar-refractivity contribution in [2.75, 3.05) is 6.54 Å². The summed E-state index contributed by atoms with van der Waals surface area (Å²) in [7, 11) is 0. The summed E-state index contributed by atoms with van der Waals surface area (Å²) in [6, 6.07) is 8.63. The first kappa shape index (κ1) is 8.24. The molecule has 3 N–H and O–H groups in total. The van der Waals surface area contributed by atoms with Crippen molar-refractivity contribution >= 4 is 0 Å². The van der Waals surface area contributed by atoms with Crippen molar-refractivity contribution in [3.8, 4) is 0 Å². The van der Waals surface area contributed by atoms with Crippen LogP contribution in [0.4, 0.5) is 0 Å². The van der Waals surface area contributed by atoms with Crippen molar-refractivity contribution in [2.24, 2.45) is 0 Å². The summed E-state index contributed by atoms with van der Waals surface area (Å²) < 4.78 is 0. The van der Waals surface area contributed by atoms with Gasteiger partial charge in [-0.1, -0.05) is 24.3 Å². The van der Waals surface area contributed by atoms with Gasteiger partial charge in [0, 0.05) is 6.54 Å². The first-order valence-electron chi connectivity index (χ1n) is 3.74. The molecular formula is C9H13NO. The third kappa shape index (κ3) is 1.59. The van der Waals surface area contributed by atoms with Crippen LogP contribution in [0.5, 0.6) is 0 Å². The topological polar surface area (TPSA) is 43.5 Å². The lowest BCUT2D eigenvalue weighted by Gasteiger charge is -2.15. The van der Waals surface area contributed by atoms with E-state index < -0.39 is 0 Å². The summed E-state index contributed by atoms with van der Waals surface area (Å²) in [6.07, 6.45) is 1.19. The van der Waals surface area contributed by atoms with Crippen LogP contribution < -0.4 is 5.32 Å².